The van der Waals surface area contributed by atoms with Crippen LogP contribution in [0.2, 0.25) is 5.02 Å². The number of rotatable bonds is 8. The average molecular weight is 447 g/mol. The van der Waals surface area contributed by atoms with Crippen LogP contribution in [0.3, 0.4) is 0 Å². The molecule has 0 saturated heterocycles. The fraction of sp³-hybridized carbons (Fsp3) is 0.286. The molecule has 1 amide bonds. The maximum absolute atomic E-state index is 12.4. The van der Waals surface area contributed by atoms with E-state index in [9.17, 15) is 4.79 Å². The second-order valence-electron chi connectivity index (χ2n) is 6.42. The Morgan fingerprint density at radius 3 is 2.60 bits per heavy atom. The Morgan fingerprint density at radius 2 is 1.90 bits per heavy atom. The summed E-state index contributed by atoms with van der Waals surface area (Å²) in [6.07, 6.45) is 0. The van der Waals surface area contributed by atoms with Crippen molar-refractivity contribution in [2.24, 2.45) is 0 Å². The van der Waals surface area contributed by atoms with Gasteiger partial charge < -0.3 is 19.4 Å². The van der Waals surface area contributed by atoms with Gasteiger partial charge in [-0.05, 0) is 49.7 Å². The van der Waals surface area contributed by atoms with E-state index in [-0.39, 0.29) is 11.7 Å². The first-order valence-corrected chi connectivity index (χ1v) is 10.7. The summed E-state index contributed by atoms with van der Waals surface area (Å²) in [6, 6.07) is 11.0. The largest absolute Gasteiger partial charge is 0.493 e. The second kappa shape index (κ2) is 9.86. The van der Waals surface area contributed by atoms with Gasteiger partial charge in [-0.25, -0.2) is 0 Å². The molecule has 0 radical (unpaired) electrons. The summed E-state index contributed by atoms with van der Waals surface area (Å²) >= 11 is 7.35. The van der Waals surface area contributed by atoms with Crippen molar-refractivity contribution in [1.82, 2.24) is 14.8 Å². The Kier molecular flexibility index (Phi) is 7.23. The highest BCUT2D eigenvalue weighted by atomic mass is 35.5. The number of aromatic nitrogens is 3. The normalized spacial score (nSPS) is 10.7. The van der Waals surface area contributed by atoms with Crippen LogP contribution in [0, 0.1) is 6.92 Å². The lowest BCUT2D eigenvalue weighted by Crippen LogP contribution is -2.15. The van der Waals surface area contributed by atoms with E-state index >= 15 is 0 Å². The molecule has 0 atom stereocenters. The molecule has 158 valence electrons. The van der Waals surface area contributed by atoms with Crippen molar-refractivity contribution in [1.29, 1.82) is 0 Å². The van der Waals surface area contributed by atoms with Gasteiger partial charge in [-0.1, -0.05) is 29.4 Å². The number of aryl methyl sites for hydroxylation is 1. The van der Waals surface area contributed by atoms with Crippen molar-refractivity contribution in [3.05, 3.63) is 47.0 Å². The van der Waals surface area contributed by atoms with Gasteiger partial charge in [0.15, 0.2) is 22.5 Å². The minimum atomic E-state index is -0.135. The molecule has 3 aromatic rings. The predicted octanol–water partition coefficient (Wildman–Crippen LogP) is 4.67. The van der Waals surface area contributed by atoms with Gasteiger partial charge in [0.2, 0.25) is 5.91 Å². The van der Waals surface area contributed by atoms with Crippen molar-refractivity contribution >= 4 is 35.0 Å². The first-order valence-electron chi connectivity index (χ1n) is 9.31. The van der Waals surface area contributed by atoms with Gasteiger partial charge in [0.1, 0.15) is 0 Å². The number of anilines is 1. The molecule has 9 heteroatoms. The number of ether oxygens (including phenoxy) is 2. The first-order chi connectivity index (χ1) is 14.5. The number of carbonyl (C=O) groups is 1. The molecule has 0 unspecified atom stereocenters. The lowest BCUT2D eigenvalue weighted by atomic mass is 10.2. The maximum Gasteiger partial charge on any atom is 0.234 e. The number of thioether (sulfide) groups is 1. The van der Waals surface area contributed by atoms with Crippen LogP contribution >= 0.6 is 23.4 Å². The Bertz CT molecular complexity index is 1050. The van der Waals surface area contributed by atoms with Gasteiger partial charge >= 0.3 is 0 Å². The van der Waals surface area contributed by atoms with Crippen LogP contribution in [-0.2, 0) is 11.3 Å². The zero-order valence-electron chi connectivity index (χ0n) is 17.2. The highest BCUT2D eigenvalue weighted by Crippen LogP contribution is 2.33. The number of halogens is 1. The molecular formula is C21H23ClN4O3S. The minimum Gasteiger partial charge on any atom is -0.493 e. The molecule has 0 bridgehead atoms. The summed E-state index contributed by atoms with van der Waals surface area (Å²) < 4.78 is 12.6. The molecule has 0 fully saturated rings. The molecule has 0 aliphatic carbocycles. The van der Waals surface area contributed by atoms with Crippen LogP contribution in [0.4, 0.5) is 5.69 Å². The van der Waals surface area contributed by atoms with Crippen molar-refractivity contribution in [2.45, 2.75) is 25.5 Å². The van der Waals surface area contributed by atoms with E-state index in [1.165, 1.54) is 11.8 Å². The molecule has 0 aliphatic heterocycles. The number of nitrogens with zero attached hydrogens (tertiary/aromatic N) is 3. The van der Waals surface area contributed by atoms with Crippen LogP contribution in [0.15, 0.2) is 41.6 Å². The molecule has 0 aliphatic rings. The van der Waals surface area contributed by atoms with E-state index in [0.717, 1.165) is 11.1 Å². The van der Waals surface area contributed by atoms with Gasteiger partial charge in [0.05, 0.1) is 20.0 Å². The van der Waals surface area contributed by atoms with Crippen LogP contribution in [0.5, 0.6) is 11.5 Å². The van der Waals surface area contributed by atoms with E-state index < -0.39 is 0 Å². The Morgan fingerprint density at radius 1 is 1.13 bits per heavy atom. The Hall–Kier alpha value is -2.71. The van der Waals surface area contributed by atoms with Gasteiger partial charge in [-0.2, -0.15) is 0 Å². The summed E-state index contributed by atoms with van der Waals surface area (Å²) in [6.45, 7) is 4.59. The summed E-state index contributed by atoms with van der Waals surface area (Å²) in [7, 11) is 3.18. The number of benzene rings is 2. The number of carbonyl (C=O) groups excluding carboxylic acids is 1. The molecular weight excluding hydrogens is 424 g/mol. The topological polar surface area (TPSA) is 78.3 Å². The maximum atomic E-state index is 12.4. The average Bonchev–Trinajstić information content (AvgIpc) is 3.17. The van der Waals surface area contributed by atoms with Crippen molar-refractivity contribution in [2.75, 3.05) is 25.3 Å². The molecule has 1 aromatic heterocycles. The van der Waals surface area contributed by atoms with E-state index in [2.05, 4.69) is 15.5 Å². The number of hydrogen-bond acceptors (Lipinski definition) is 6. The zero-order chi connectivity index (χ0) is 21.7. The predicted molar refractivity (Wildman–Crippen MR) is 120 cm³/mol. The van der Waals surface area contributed by atoms with Crippen LogP contribution < -0.4 is 14.8 Å². The van der Waals surface area contributed by atoms with Crippen molar-refractivity contribution in [3.8, 4) is 22.9 Å². The second-order valence-corrected chi connectivity index (χ2v) is 7.80. The molecule has 2 aromatic carbocycles. The van der Waals surface area contributed by atoms with E-state index in [1.54, 1.807) is 26.4 Å². The fourth-order valence-corrected chi connectivity index (χ4v) is 3.89. The van der Waals surface area contributed by atoms with Crippen LogP contribution in [-0.4, -0.2) is 40.6 Å². The SMILES string of the molecule is CCn1c(SCC(=O)Nc2cc(Cl)ccc2C)nnc1-c1ccc(OC)c(OC)c1. The molecule has 30 heavy (non-hydrogen) atoms. The number of nitrogens with one attached hydrogen (secondary N) is 1. The molecule has 3 rings (SSSR count). The van der Waals surface area contributed by atoms with Gasteiger partial charge in [-0.3, -0.25) is 4.79 Å². The Balaban J connectivity index is 1.74. The minimum absolute atomic E-state index is 0.135. The quantitative estimate of drug-likeness (QED) is 0.506. The van der Waals surface area contributed by atoms with E-state index in [0.29, 0.717) is 39.7 Å². The fourth-order valence-electron chi connectivity index (χ4n) is 2.91. The first kappa shape index (κ1) is 22.0. The highest BCUT2D eigenvalue weighted by Gasteiger charge is 2.17. The van der Waals surface area contributed by atoms with Crippen LogP contribution in [0.25, 0.3) is 11.4 Å². The smallest absolute Gasteiger partial charge is 0.234 e. The third-order valence-corrected chi connectivity index (χ3v) is 5.68. The summed E-state index contributed by atoms with van der Waals surface area (Å²) in [4.78, 5) is 12.4. The van der Waals surface area contributed by atoms with Crippen molar-refractivity contribution < 1.29 is 14.3 Å². The number of amides is 1. The standard InChI is InChI=1S/C21H23ClN4O3S/c1-5-26-20(14-7-9-17(28-3)18(10-14)29-4)24-25-21(26)30-12-19(27)23-16-11-15(22)8-6-13(16)2/h6-11H,5,12H2,1-4H3,(H,23,27). The monoisotopic (exact) mass is 446 g/mol. The lowest BCUT2D eigenvalue weighted by molar-refractivity contribution is -0.113. The summed E-state index contributed by atoms with van der Waals surface area (Å²) in [5.74, 6) is 2.03. The lowest BCUT2D eigenvalue weighted by Gasteiger charge is -2.11. The molecule has 1 heterocycles. The van der Waals surface area contributed by atoms with Gasteiger partial charge in [-0.15, -0.1) is 10.2 Å². The van der Waals surface area contributed by atoms with Gasteiger partial charge in [0, 0.05) is 22.8 Å². The summed E-state index contributed by atoms with van der Waals surface area (Å²) in [5, 5.41) is 12.7. The van der Waals surface area contributed by atoms with E-state index in [1.807, 2.05) is 42.7 Å². The Labute approximate surface area is 184 Å². The highest BCUT2D eigenvalue weighted by molar-refractivity contribution is 7.99. The van der Waals surface area contributed by atoms with Crippen molar-refractivity contribution in [3.63, 3.8) is 0 Å². The molecule has 1 N–H and O–H groups in total. The van der Waals surface area contributed by atoms with Crippen LogP contribution in [0.1, 0.15) is 12.5 Å². The third-order valence-electron chi connectivity index (χ3n) is 4.48. The molecule has 0 spiro atoms. The van der Waals surface area contributed by atoms with Gasteiger partial charge in [0.25, 0.3) is 0 Å². The zero-order valence-corrected chi connectivity index (χ0v) is 18.8. The molecule has 7 nitrogen and oxygen atoms in total. The van der Waals surface area contributed by atoms with E-state index in [4.69, 9.17) is 21.1 Å². The number of methoxy groups -OCH3 is 2. The molecule has 0 saturated carbocycles. The number of hydrogen-bond donors (Lipinski definition) is 1. The summed E-state index contributed by atoms with van der Waals surface area (Å²) in [5.41, 5.74) is 2.51. The third kappa shape index (κ3) is 4.88.